The average Bonchev–Trinajstić information content (AvgIpc) is 2.72. The van der Waals surface area contributed by atoms with E-state index in [-0.39, 0.29) is 4.87 Å². The molecule has 1 aliphatic rings. The monoisotopic (exact) mass is 251 g/mol. The summed E-state index contributed by atoms with van der Waals surface area (Å²) in [6, 6.07) is 9.89. The number of aryl methyl sites for hydroxylation is 1. The fraction of sp³-hybridized carbons (Fsp3) is 0.462. The van der Waals surface area contributed by atoms with Gasteiger partial charge in [0.2, 0.25) is 0 Å². The number of benzene rings is 1. The van der Waals surface area contributed by atoms with Crippen molar-refractivity contribution in [2.24, 2.45) is 0 Å². The van der Waals surface area contributed by atoms with Crippen LogP contribution in [0, 0.1) is 0 Å². The smallest absolute Gasteiger partial charge is 0.321 e. The van der Waals surface area contributed by atoms with E-state index in [1.807, 2.05) is 18.2 Å². The minimum Gasteiger partial charge on any atom is -0.480 e. The molecular weight excluding hydrogens is 234 g/mol. The number of carboxylic acids is 1. The van der Waals surface area contributed by atoms with Crippen LogP contribution in [0.4, 0.5) is 0 Å². The molecule has 0 radical (unpaired) electrons. The second-order valence-corrected chi connectivity index (χ2v) is 6.09. The predicted molar refractivity (Wildman–Crippen MR) is 70.2 cm³/mol. The number of rotatable bonds is 4. The van der Waals surface area contributed by atoms with Gasteiger partial charge in [0.1, 0.15) is 6.04 Å². The Morgan fingerprint density at radius 1 is 1.53 bits per heavy atom. The zero-order chi connectivity index (χ0) is 12.3. The first-order valence-electron chi connectivity index (χ1n) is 5.77. The maximum atomic E-state index is 10.9. The zero-order valence-corrected chi connectivity index (χ0v) is 10.7. The Kier molecular flexibility index (Phi) is 3.74. The molecule has 1 aliphatic heterocycles. The van der Waals surface area contributed by atoms with Crippen LogP contribution in [-0.2, 0) is 11.2 Å². The lowest BCUT2D eigenvalue weighted by atomic mass is 10.1. The summed E-state index contributed by atoms with van der Waals surface area (Å²) in [5, 5.41) is 12.2. The van der Waals surface area contributed by atoms with E-state index in [0.29, 0.717) is 5.75 Å². The molecule has 1 aromatic carbocycles. The maximum absolute atomic E-state index is 10.9. The molecule has 2 N–H and O–H groups in total. The highest BCUT2D eigenvalue weighted by Crippen LogP contribution is 2.34. The van der Waals surface area contributed by atoms with Crippen molar-refractivity contribution in [1.82, 2.24) is 5.32 Å². The minimum atomic E-state index is -0.749. The molecule has 0 aliphatic carbocycles. The number of carboxylic acid groups (broad SMARTS) is 1. The first kappa shape index (κ1) is 12.5. The SMILES string of the molecule is CC1(CCc2ccccc2)N[C@H](C(=O)O)CS1. The Hall–Kier alpha value is -1.00. The van der Waals surface area contributed by atoms with E-state index in [4.69, 9.17) is 5.11 Å². The molecule has 3 nitrogen and oxygen atoms in total. The van der Waals surface area contributed by atoms with Crippen molar-refractivity contribution in [2.45, 2.75) is 30.7 Å². The molecular formula is C13H17NO2S. The van der Waals surface area contributed by atoms with Gasteiger partial charge in [-0.1, -0.05) is 30.3 Å². The summed E-state index contributed by atoms with van der Waals surface area (Å²) in [5.41, 5.74) is 1.30. The molecule has 0 bridgehead atoms. The van der Waals surface area contributed by atoms with E-state index in [1.165, 1.54) is 5.56 Å². The zero-order valence-electron chi connectivity index (χ0n) is 9.85. The van der Waals surface area contributed by atoms with Gasteiger partial charge >= 0.3 is 5.97 Å². The van der Waals surface area contributed by atoms with Crippen molar-refractivity contribution in [3.05, 3.63) is 35.9 Å². The normalized spacial score (nSPS) is 28.2. The second-order valence-electron chi connectivity index (χ2n) is 4.56. The van der Waals surface area contributed by atoms with Gasteiger partial charge in [0.05, 0.1) is 4.87 Å². The van der Waals surface area contributed by atoms with Crippen LogP contribution in [-0.4, -0.2) is 27.7 Å². The summed E-state index contributed by atoms with van der Waals surface area (Å²) >= 11 is 1.71. The summed E-state index contributed by atoms with van der Waals surface area (Å²) in [7, 11) is 0. The highest BCUT2D eigenvalue weighted by molar-refractivity contribution is 8.00. The predicted octanol–water partition coefficient (Wildman–Crippen LogP) is 2.12. The van der Waals surface area contributed by atoms with Crippen LogP contribution in [0.2, 0.25) is 0 Å². The van der Waals surface area contributed by atoms with Gasteiger partial charge in [-0.15, -0.1) is 11.8 Å². The fourth-order valence-corrected chi connectivity index (χ4v) is 3.26. The number of hydrogen-bond donors (Lipinski definition) is 2. The minimum absolute atomic E-state index is 0.112. The Labute approximate surface area is 106 Å². The van der Waals surface area contributed by atoms with E-state index in [0.717, 1.165) is 12.8 Å². The molecule has 1 saturated heterocycles. The van der Waals surface area contributed by atoms with Crippen LogP contribution in [0.3, 0.4) is 0 Å². The van der Waals surface area contributed by atoms with E-state index in [9.17, 15) is 4.79 Å². The highest BCUT2D eigenvalue weighted by atomic mass is 32.2. The van der Waals surface area contributed by atoms with Gasteiger partial charge in [-0.05, 0) is 25.3 Å². The van der Waals surface area contributed by atoms with Crippen molar-refractivity contribution >= 4 is 17.7 Å². The van der Waals surface area contributed by atoms with Gasteiger partial charge in [-0.3, -0.25) is 10.1 Å². The van der Waals surface area contributed by atoms with E-state index >= 15 is 0 Å². The lowest BCUT2D eigenvalue weighted by molar-refractivity contribution is -0.138. The fourth-order valence-electron chi connectivity index (χ4n) is 2.02. The third-order valence-corrected chi connectivity index (χ3v) is 4.54. The van der Waals surface area contributed by atoms with Gasteiger partial charge in [0.25, 0.3) is 0 Å². The summed E-state index contributed by atoms with van der Waals surface area (Å²) < 4.78 is 0. The number of aliphatic carboxylic acids is 1. The molecule has 1 fully saturated rings. The Bertz CT molecular complexity index is 396. The van der Waals surface area contributed by atoms with Gasteiger partial charge < -0.3 is 5.11 Å². The highest BCUT2D eigenvalue weighted by Gasteiger charge is 2.37. The Balaban J connectivity index is 1.89. The second kappa shape index (κ2) is 5.10. The number of nitrogens with one attached hydrogen (secondary N) is 1. The third kappa shape index (κ3) is 3.23. The molecule has 0 aromatic heterocycles. The number of hydrogen-bond acceptors (Lipinski definition) is 3. The molecule has 0 spiro atoms. The standard InChI is InChI=1S/C13H17NO2S/c1-13(14-11(9-17-13)12(15)16)8-7-10-5-3-2-4-6-10/h2-6,11,14H,7-9H2,1H3,(H,15,16)/t11-,13?/m0/s1. The van der Waals surface area contributed by atoms with Crippen LogP contribution >= 0.6 is 11.8 Å². The average molecular weight is 251 g/mol. The number of thioether (sulfide) groups is 1. The van der Waals surface area contributed by atoms with E-state index in [1.54, 1.807) is 11.8 Å². The quantitative estimate of drug-likeness (QED) is 0.860. The maximum Gasteiger partial charge on any atom is 0.321 e. The van der Waals surface area contributed by atoms with Crippen LogP contribution in [0.1, 0.15) is 18.9 Å². The molecule has 1 heterocycles. The largest absolute Gasteiger partial charge is 0.480 e. The Morgan fingerprint density at radius 3 is 2.82 bits per heavy atom. The van der Waals surface area contributed by atoms with E-state index in [2.05, 4.69) is 24.4 Å². The molecule has 1 aromatic rings. The van der Waals surface area contributed by atoms with Crippen molar-refractivity contribution in [1.29, 1.82) is 0 Å². The summed E-state index contributed by atoms with van der Waals surface area (Å²) in [6.07, 6.45) is 1.93. The summed E-state index contributed by atoms with van der Waals surface area (Å²) in [4.78, 5) is 10.8. The molecule has 17 heavy (non-hydrogen) atoms. The van der Waals surface area contributed by atoms with Gasteiger partial charge in [0.15, 0.2) is 0 Å². The van der Waals surface area contributed by atoms with Crippen LogP contribution in [0.15, 0.2) is 30.3 Å². The first-order valence-corrected chi connectivity index (χ1v) is 6.76. The summed E-state index contributed by atoms with van der Waals surface area (Å²) in [5.74, 6) is -0.0957. The van der Waals surface area contributed by atoms with Gasteiger partial charge in [-0.25, -0.2) is 0 Å². The molecule has 92 valence electrons. The molecule has 2 rings (SSSR count). The number of carbonyl (C=O) groups is 1. The van der Waals surface area contributed by atoms with Gasteiger partial charge in [0, 0.05) is 5.75 Å². The van der Waals surface area contributed by atoms with Gasteiger partial charge in [-0.2, -0.15) is 0 Å². The van der Waals surface area contributed by atoms with Crippen LogP contribution in [0.25, 0.3) is 0 Å². The first-order chi connectivity index (χ1) is 8.09. The topological polar surface area (TPSA) is 49.3 Å². The molecule has 0 amide bonds. The van der Waals surface area contributed by atoms with Crippen LogP contribution < -0.4 is 5.32 Å². The molecule has 2 atom stereocenters. The van der Waals surface area contributed by atoms with Crippen molar-refractivity contribution in [2.75, 3.05) is 5.75 Å². The van der Waals surface area contributed by atoms with Crippen molar-refractivity contribution in [3.8, 4) is 0 Å². The summed E-state index contributed by atoms with van der Waals surface area (Å²) in [6.45, 7) is 2.09. The van der Waals surface area contributed by atoms with Crippen LogP contribution in [0.5, 0.6) is 0 Å². The molecule has 0 saturated carbocycles. The molecule has 1 unspecified atom stereocenters. The lowest BCUT2D eigenvalue weighted by Gasteiger charge is -2.24. The van der Waals surface area contributed by atoms with E-state index < -0.39 is 12.0 Å². The van der Waals surface area contributed by atoms with Crippen molar-refractivity contribution < 1.29 is 9.90 Å². The Morgan fingerprint density at radius 2 is 2.24 bits per heavy atom. The van der Waals surface area contributed by atoms with Crippen molar-refractivity contribution in [3.63, 3.8) is 0 Å². The lowest BCUT2D eigenvalue weighted by Crippen LogP contribution is -2.43. The third-order valence-electron chi connectivity index (χ3n) is 3.08. The molecule has 4 heteroatoms.